The average Bonchev–Trinajstić information content (AvgIpc) is 2.16. The first-order chi connectivity index (χ1) is 7.49. The lowest BCUT2D eigenvalue weighted by Crippen LogP contribution is -2.15. The number of carboxylic acid groups (broad SMARTS) is 1. The Bertz CT molecular complexity index is 394. The third-order valence-electron chi connectivity index (χ3n) is 2.24. The predicted octanol–water partition coefficient (Wildman–Crippen LogP) is 2.08. The van der Waals surface area contributed by atoms with Crippen LogP contribution in [0.5, 0.6) is 0 Å². The van der Waals surface area contributed by atoms with Gasteiger partial charge < -0.3 is 5.11 Å². The van der Waals surface area contributed by atoms with Gasteiger partial charge in [0, 0.05) is 6.42 Å². The predicted molar refractivity (Wildman–Crippen MR) is 61.3 cm³/mol. The van der Waals surface area contributed by atoms with Crippen LogP contribution in [0.1, 0.15) is 25.0 Å². The van der Waals surface area contributed by atoms with Crippen molar-refractivity contribution in [2.24, 2.45) is 5.92 Å². The SMILES string of the molecule is CC(C)Cc1cccc(CC(=O)C(=O)O)c1. The van der Waals surface area contributed by atoms with Gasteiger partial charge in [0.25, 0.3) is 0 Å². The molecule has 0 saturated heterocycles. The number of Topliss-reactive ketones (excluding diaryl/α,β-unsaturated/α-hetero) is 1. The van der Waals surface area contributed by atoms with Crippen molar-refractivity contribution in [1.82, 2.24) is 0 Å². The molecule has 3 nitrogen and oxygen atoms in total. The number of rotatable bonds is 5. The summed E-state index contributed by atoms with van der Waals surface area (Å²) in [4.78, 5) is 21.5. The largest absolute Gasteiger partial charge is 0.475 e. The van der Waals surface area contributed by atoms with E-state index in [9.17, 15) is 9.59 Å². The molecule has 86 valence electrons. The Kier molecular flexibility index (Phi) is 4.23. The molecule has 0 heterocycles. The van der Waals surface area contributed by atoms with Crippen molar-refractivity contribution in [2.45, 2.75) is 26.7 Å². The van der Waals surface area contributed by atoms with E-state index in [-0.39, 0.29) is 6.42 Å². The van der Waals surface area contributed by atoms with Crippen molar-refractivity contribution in [1.29, 1.82) is 0 Å². The number of benzene rings is 1. The smallest absolute Gasteiger partial charge is 0.372 e. The van der Waals surface area contributed by atoms with Crippen molar-refractivity contribution in [3.05, 3.63) is 35.4 Å². The van der Waals surface area contributed by atoms with E-state index >= 15 is 0 Å². The van der Waals surface area contributed by atoms with Crippen LogP contribution in [-0.2, 0) is 22.4 Å². The molecule has 0 saturated carbocycles. The number of carboxylic acids is 1. The molecule has 3 heteroatoms. The maximum absolute atomic E-state index is 11.0. The highest BCUT2D eigenvalue weighted by Gasteiger charge is 2.12. The highest BCUT2D eigenvalue weighted by molar-refractivity contribution is 6.33. The van der Waals surface area contributed by atoms with Gasteiger partial charge in [-0.2, -0.15) is 0 Å². The van der Waals surface area contributed by atoms with Crippen molar-refractivity contribution < 1.29 is 14.7 Å². The topological polar surface area (TPSA) is 54.4 Å². The van der Waals surface area contributed by atoms with Gasteiger partial charge in [-0.05, 0) is 23.5 Å². The van der Waals surface area contributed by atoms with E-state index in [4.69, 9.17) is 5.11 Å². The van der Waals surface area contributed by atoms with Gasteiger partial charge in [-0.25, -0.2) is 4.79 Å². The molecule has 1 rings (SSSR count). The number of carbonyl (C=O) groups excluding carboxylic acids is 1. The summed E-state index contributed by atoms with van der Waals surface area (Å²) in [5, 5.41) is 8.51. The fraction of sp³-hybridized carbons (Fsp3) is 0.385. The fourth-order valence-corrected chi connectivity index (χ4v) is 1.60. The summed E-state index contributed by atoms with van der Waals surface area (Å²) in [6, 6.07) is 7.54. The van der Waals surface area contributed by atoms with Gasteiger partial charge in [0.2, 0.25) is 5.78 Å². The summed E-state index contributed by atoms with van der Waals surface area (Å²) in [5.74, 6) is -1.58. The minimum absolute atomic E-state index is 0.0265. The third kappa shape index (κ3) is 3.85. The maximum atomic E-state index is 11.0. The molecule has 0 bridgehead atoms. The summed E-state index contributed by atoms with van der Waals surface area (Å²) < 4.78 is 0. The molecule has 16 heavy (non-hydrogen) atoms. The first kappa shape index (κ1) is 12.4. The zero-order valence-corrected chi connectivity index (χ0v) is 9.56. The molecule has 0 fully saturated rings. The highest BCUT2D eigenvalue weighted by Crippen LogP contribution is 2.11. The van der Waals surface area contributed by atoms with Gasteiger partial charge in [0.1, 0.15) is 0 Å². The van der Waals surface area contributed by atoms with Crippen LogP contribution in [0, 0.1) is 5.92 Å². The molecule has 0 radical (unpaired) electrons. The zero-order valence-electron chi connectivity index (χ0n) is 9.56. The third-order valence-corrected chi connectivity index (χ3v) is 2.24. The molecule has 0 aliphatic rings. The molecule has 1 aromatic rings. The summed E-state index contributed by atoms with van der Waals surface area (Å²) in [6.07, 6.45) is 0.913. The van der Waals surface area contributed by atoms with Crippen molar-refractivity contribution >= 4 is 11.8 Å². The molecule has 0 unspecified atom stereocenters. The second kappa shape index (κ2) is 5.45. The van der Waals surface area contributed by atoms with Crippen LogP contribution in [0.2, 0.25) is 0 Å². The number of hydrogen-bond acceptors (Lipinski definition) is 2. The van der Waals surface area contributed by atoms with E-state index in [2.05, 4.69) is 13.8 Å². The Balaban J connectivity index is 2.74. The van der Waals surface area contributed by atoms with E-state index < -0.39 is 11.8 Å². The molecule has 0 atom stereocenters. The average molecular weight is 220 g/mol. The summed E-state index contributed by atoms with van der Waals surface area (Å²) in [7, 11) is 0. The molecule has 0 aliphatic carbocycles. The van der Waals surface area contributed by atoms with Crippen LogP contribution in [0.3, 0.4) is 0 Å². The van der Waals surface area contributed by atoms with E-state index in [1.54, 1.807) is 6.07 Å². The van der Waals surface area contributed by atoms with Gasteiger partial charge in [-0.1, -0.05) is 38.1 Å². The van der Waals surface area contributed by atoms with Gasteiger partial charge >= 0.3 is 5.97 Å². The van der Waals surface area contributed by atoms with Gasteiger partial charge in [-0.15, -0.1) is 0 Å². The summed E-state index contributed by atoms with van der Waals surface area (Å²) >= 11 is 0. The number of ketones is 1. The van der Waals surface area contributed by atoms with Crippen LogP contribution in [0.4, 0.5) is 0 Å². The number of aliphatic carboxylic acids is 1. The second-order valence-corrected chi connectivity index (χ2v) is 4.32. The van der Waals surface area contributed by atoms with Gasteiger partial charge in [-0.3, -0.25) is 4.79 Å². The molecular weight excluding hydrogens is 204 g/mol. The lowest BCUT2D eigenvalue weighted by Gasteiger charge is -2.06. The minimum Gasteiger partial charge on any atom is -0.475 e. The molecule has 1 N–H and O–H groups in total. The van der Waals surface area contributed by atoms with Gasteiger partial charge in [0.05, 0.1) is 0 Å². The van der Waals surface area contributed by atoms with Crippen LogP contribution >= 0.6 is 0 Å². The number of carbonyl (C=O) groups is 2. The zero-order chi connectivity index (χ0) is 12.1. The van der Waals surface area contributed by atoms with E-state index in [0.29, 0.717) is 5.92 Å². The normalized spacial score (nSPS) is 10.4. The van der Waals surface area contributed by atoms with E-state index in [0.717, 1.165) is 17.5 Å². The van der Waals surface area contributed by atoms with Crippen molar-refractivity contribution in [2.75, 3.05) is 0 Å². The Morgan fingerprint density at radius 1 is 1.25 bits per heavy atom. The molecule has 0 amide bonds. The lowest BCUT2D eigenvalue weighted by atomic mass is 9.99. The molecular formula is C13H16O3. The molecule has 1 aromatic carbocycles. The van der Waals surface area contributed by atoms with Crippen LogP contribution < -0.4 is 0 Å². The van der Waals surface area contributed by atoms with Crippen LogP contribution in [0.25, 0.3) is 0 Å². The summed E-state index contributed by atoms with van der Waals surface area (Å²) in [5.41, 5.74) is 1.91. The van der Waals surface area contributed by atoms with E-state index in [1.165, 1.54) is 0 Å². The Hall–Kier alpha value is -1.64. The maximum Gasteiger partial charge on any atom is 0.372 e. The first-order valence-electron chi connectivity index (χ1n) is 5.33. The lowest BCUT2D eigenvalue weighted by molar-refractivity contribution is -0.148. The Labute approximate surface area is 95.1 Å². The van der Waals surface area contributed by atoms with Crippen molar-refractivity contribution in [3.8, 4) is 0 Å². The number of hydrogen-bond donors (Lipinski definition) is 1. The Morgan fingerprint density at radius 3 is 2.44 bits per heavy atom. The standard InChI is InChI=1S/C13H16O3/c1-9(2)6-10-4-3-5-11(7-10)8-12(14)13(15)16/h3-5,7,9H,6,8H2,1-2H3,(H,15,16). The molecule has 0 spiro atoms. The van der Waals surface area contributed by atoms with Crippen LogP contribution in [0.15, 0.2) is 24.3 Å². The summed E-state index contributed by atoms with van der Waals surface area (Å²) in [6.45, 7) is 4.24. The highest BCUT2D eigenvalue weighted by atomic mass is 16.4. The first-order valence-corrected chi connectivity index (χ1v) is 5.33. The van der Waals surface area contributed by atoms with Crippen molar-refractivity contribution in [3.63, 3.8) is 0 Å². The molecule has 0 aromatic heterocycles. The van der Waals surface area contributed by atoms with E-state index in [1.807, 2.05) is 18.2 Å². The quantitative estimate of drug-likeness (QED) is 0.773. The monoisotopic (exact) mass is 220 g/mol. The molecule has 0 aliphatic heterocycles. The second-order valence-electron chi connectivity index (χ2n) is 4.32. The fourth-order valence-electron chi connectivity index (χ4n) is 1.60. The minimum atomic E-state index is -1.37. The Morgan fingerprint density at radius 2 is 1.88 bits per heavy atom. The van der Waals surface area contributed by atoms with Crippen LogP contribution in [-0.4, -0.2) is 16.9 Å². The van der Waals surface area contributed by atoms with Gasteiger partial charge in [0.15, 0.2) is 0 Å².